The third kappa shape index (κ3) is 5.66. The lowest BCUT2D eigenvalue weighted by Crippen LogP contribution is -2.39. The Bertz CT molecular complexity index is 540. The number of rotatable bonds is 6. The number of carboxylic acid groups (broad SMARTS) is 1. The van der Waals surface area contributed by atoms with Crippen molar-refractivity contribution in [2.45, 2.75) is 32.2 Å². The summed E-state index contributed by atoms with van der Waals surface area (Å²) in [6.45, 7) is 1.85. The van der Waals surface area contributed by atoms with Gasteiger partial charge in [-0.3, -0.25) is 4.79 Å². The van der Waals surface area contributed by atoms with E-state index < -0.39 is 29.7 Å². The van der Waals surface area contributed by atoms with E-state index in [0.29, 0.717) is 18.9 Å². The Morgan fingerprint density at radius 3 is 2.57 bits per heavy atom. The molecule has 0 spiro atoms. The number of anilines is 1. The van der Waals surface area contributed by atoms with Crippen molar-refractivity contribution in [1.29, 1.82) is 0 Å². The van der Waals surface area contributed by atoms with Crippen molar-refractivity contribution >= 4 is 33.6 Å². The summed E-state index contributed by atoms with van der Waals surface area (Å²) in [5, 5.41) is 13.4. The van der Waals surface area contributed by atoms with E-state index in [-0.39, 0.29) is 16.6 Å². The number of nitrogens with one attached hydrogen (secondary N) is 2. The van der Waals surface area contributed by atoms with Crippen LogP contribution in [-0.4, -0.2) is 23.1 Å². The smallest absolute Gasteiger partial charge is 0.319 e. The minimum Gasteiger partial charge on any atom is -0.481 e. The largest absolute Gasteiger partial charge is 0.481 e. The summed E-state index contributed by atoms with van der Waals surface area (Å²) < 4.78 is 26.6. The van der Waals surface area contributed by atoms with Gasteiger partial charge < -0.3 is 15.7 Å². The molecule has 5 nitrogen and oxygen atoms in total. The fraction of sp³-hybridized carbons (Fsp3) is 0.385. The molecule has 0 aliphatic heterocycles. The molecule has 1 aromatic rings. The van der Waals surface area contributed by atoms with E-state index >= 15 is 0 Å². The second kappa shape index (κ2) is 7.92. The van der Waals surface area contributed by atoms with Gasteiger partial charge in [0.15, 0.2) is 0 Å². The average Bonchev–Trinajstić information content (AvgIpc) is 2.35. The van der Waals surface area contributed by atoms with Gasteiger partial charge in [0.05, 0.1) is 16.6 Å². The third-order valence-electron chi connectivity index (χ3n) is 2.65. The SMILES string of the molecule is CCCC(CC(=O)O)NC(=O)Nc1cc(Br)c(F)cc1F. The first-order valence-corrected chi connectivity index (χ1v) is 7.06. The van der Waals surface area contributed by atoms with Gasteiger partial charge in [-0.05, 0) is 28.4 Å². The Kier molecular flexibility index (Phi) is 6.54. The zero-order chi connectivity index (χ0) is 16.0. The zero-order valence-corrected chi connectivity index (χ0v) is 12.8. The molecular weight excluding hydrogens is 350 g/mol. The molecule has 1 aromatic carbocycles. The quantitative estimate of drug-likeness (QED) is 0.676. The summed E-state index contributed by atoms with van der Waals surface area (Å²) in [7, 11) is 0. The Balaban J connectivity index is 2.71. The number of urea groups is 1. The highest BCUT2D eigenvalue weighted by atomic mass is 79.9. The Morgan fingerprint density at radius 1 is 1.33 bits per heavy atom. The molecule has 0 saturated carbocycles. The van der Waals surface area contributed by atoms with Crippen molar-refractivity contribution < 1.29 is 23.5 Å². The normalized spacial score (nSPS) is 11.8. The predicted molar refractivity (Wildman–Crippen MR) is 77.2 cm³/mol. The van der Waals surface area contributed by atoms with Crippen molar-refractivity contribution in [3.63, 3.8) is 0 Å². The number of amides is 2. The van der Waals surface area contributed by atoms with Crippen LogP contribution in [0.2, 0.25) is 0 Å². The first-order chi connectivity index (χ1) is 9.83. The van der Waals surface area contributed by atoms with Gasteiger partial charge in [0.1, 0.15) is 11.6 Å². The molecule has 116 valence electrons. The molecule has 0 heterocycles. The van der Waals surface area contributed by atoms with Crippen LogP contribution < -0.4 is 10.6 Å². The van der Waals surface area contributed by atoms with E-state index in [1.807, 2.05) is 6.92 Å². The van der Waals surface area contributed by atoms with Gasteiger partial charge in [-0.2, -0.15) is 0 Å². The lowest BCUT2D eigenvalue weighted by atomic mass is 10.1. The van der Waals surface area contributed by atoms with Crippen LogP contribution in [0.5, 0.6) is 0 Å². The highest BCUT2D eigenvalue weighted by molar-refractivity contribution is 9.10. The molecule has 0 bridgehead atoms. The highest BCUT2D eigenvalue weighted by Crippen LogP contribution is 2.23. The second-order valence-corrected chi connectivity index (χ2v) is 5.28. The minimum atomic E-state index is -1.04. The van der Waals surface area contributed by atoms with Crippen molar-refractivity contribution in [2.24, 2.45) is 0 Å². The molecular formula is C13H15BrF2N2O3. The number of hydrogen-bond donors (Lipinski definition) is 3. The summed E-state index contributed by atoms with van der Waals surface area (Å²) in [6.07, 6.45) is 0.945. The maximum absolute atomic E-state index is 13.5. The monoisotopic (exact) mass is 364 g/mol. The summed E-state index contributed by atoms with van der Waals surface area (Å²) >= 11 is 2.89. The average molecular weight is 365 g/mol. The molecule has 0 aliphatic rings. The Morgan fingerprint density at radius 2 is 2.00 bits per heavy atom. The van der Waals surface area contributed by atoms with Crippen LogP contribution in [-0.2, 0) is 4.79 Å². The van der Waals surface area contributed by atoms with Crippen molar-refractivity contribution in [1.82, 2.24) is 5.32 Å². The standard InChI is InChI=1S/C13H15BrF2N2O3/c1-2-3-7(4-12(19)20)17-13(21)18-11-5-8(14)9(15)6-10(11)16/h5-7H,2-4H2,1H3,(H,19,20)(H2,17,18,21). The Labute approximate surface area is 128 Å². The summed E-state index contributed by atoms with van der Waals surface area (Å²) in [5.74, 6) is -2.74. The van der Waals surface area contributed by atoms with Crippen LogP contribution in [0, 0.1) is 11.6 Å². The van der Waals surface area contributed by atoms with Gasteiger partial charge in [-0.1, -0.05) is 13.3 Å². The van der Waals surface area contributed by atoms with Crippen molar-refractivity contribution in [3.8, 4) is 0 Å². The molecule has 3 N–H and O–H groups in total. The number of carboxylic acids is 1. The summed E-state index contributed by atoms with van der Waals surface area (Å²) in [6, 6.07) is 0.433. The predicted octanol–water partition coefficient (Wildman–Crippen LogP) is 3.49. The number of halogens is 3. The van der Waals surface area contributed by atoms with E-state index in [1.165, 1.54) is 0 Å². The molecule has 8 heteroatoms. The summed E-state index contributed by atoms with van der Waals surface area (Å²) in [4.78, 5) is 22.4. The number of aliphatic carboxylic acids is 1. The van der Waals surface area contributed by atoms with Gasteiger partial charge in [0, 0.05) is 12.1 Å². The molecule has 0 radical (unpaired) electrons. The second-order valence-electron chi connectivity index (χ2n) is 4.43. The fourth-order valence-electron chi connectivity index (χ4n) is 1.75. The topological polar surface area (TPSA) is 78.4 Å². The molecule has 1 rings (SSSR count). The molecule has 0 saturated heterocycles. The maximum Gasteiger partial charge on any atom is 0.319 e. The first-order valence-electron chi connectivity index (χ1n) is 6.27. The lowest BCUT2D eigenvalue weighted by molar-refractivity contribution is -0.137. The van der Waals surface area contributed by atoms with Crippen LogP contribution >= 0.6 is 15.9 Å². The molecule has 0 aromatic heterocycles. The van der Waals surface area contributed by atoms with Gasteiger partial charge in [-0.15, -0.1) is 0 Å². The number of hydrogen-bond acceptors (Lipinski definition) is 2. The van der Waals surface area contributed by atoms with Crippen LogP contribution in [0.4, 0.5) is 19.3 Å². The van der Waals surface area contributed by atoms with E-state index in [0.717, 1.165) is 6.07 Å². The fourth-order valence-corrected chi connectivity index (χ4v) is 2.09. The van der Waals surface area contributed by atoms with E-state index in [4.69, 9.17) is 5.11 Å². The van der Waals surface area contributed by atoms with Gasteiger partial charge >= 0.3 is 12.0 Å². The minimum absolute atomic E-state index is 0.00911. The van der Waals surface area contributed by atoms with Crippen molar-refractivity contribution in [3.05, 3.63) is 28.2 Å². The molecule has 1 atom stereocenters. The molecule has 0 aliphatic carbocycles. The maximum atomic E-state index is 13.5. The number of benzene rings is 1. The highest BCUT2D eigenvalue weighted by Gasteiger charge is 2.16. The first kappa shape index (κ1) is 17.4. The van der Waals surface area contributed by atoms with E-state index in [1.54, 1.807) is 0 Å². The van der Waals surface area contributed by atoms with Crippen LogP contribution in [0.3, 0.4) is 0 Å². The van der Waals surface area contributed by atoms with Crippen LogP contribution in [0.15, 0.2) is 16.6 Å². The lowest BCUT2D eigenvalue weighted by Gasteiger charge is -2.17. The van der Waals surface area contributed by atoms with Crippen LogP contribution in [0.25, 0.3) is 0 Å². The van der Waals surface area contributed by atoms with E-state index in [9.17, 15) is 18.4 Å². The van der Waals surface area contributed by atoms with Crippen molar-refractivity contribution in [2.75, 3.05) is 5.32 Å². The van der Waals surface area contributed by atoms with Gasteiger partial charge in [-0.25, -0.2) is 13.6 Å². The molecule has 1 unspecified atom stereocenters. The number of carbonyl (C=O) groups excluding carboxylic acids is 1. The summed E-state index contributed by atoms with van der Waals surface area (Å²) in [5.41, 5.74) is -0.202. The molecule has 2 amide bonds. The molecule has 21 heavy (non-hydrogen) atoms. The van der Waals surface area contributed by atoms with Gasteiger partial charge in [0.25, 0.3) is 0 Å². The van der Waals surface area contributed by atoms with E-state index in [2.05, 4.69) is 26.6 Å². The van der Waals surface area contributed by atoms with Crippen LogP contribution in [0.1, 0.15) is 26.2 Å². The third-order valence-corrected chi connectivity index (χ3v) is 3.26. The number of carbonyl (C=O) groups is 2. The zero-order valence-electron chi connectivity index (χ0n) is 11.3. The van der Waals surface area contributed by atoms with Gasteiger partial charge in [0.2, 0.25) is 0 Å². The molecule has 0 fully saturated rings. The Hall–Kier alpha value is -1.70.